The molecule has 1 rings (SSSR count). The number of rotatable bonds is 4. The van der Waals surface area contributed by atoms with Gasteiger partial charge < -0.3 is 15.3 Å². The van der Waals surface area contributed by atoms with Crippen LogP contribution in [0.2, 0.25) is 0 Å². The molecule has 2 N–H and O–H groups in total. The number of aliphatic hydroxyl groups is 1. The van der Waals surface area contributed by atoms with Gasteiger partial charge in [-0.25, -0.2) is 0 Å². The summed E-state index contributed by atoms with van der Waals surface area (Å²) in [6.45, 7) is 4.40. The van der Waals surface area contributed by atoms with Gasteiger partial charge in [-0.3, -0.25) is 4.79 Å². The molecule has 0 saturated carbocycles. The van der Waals surface area contributed by atoms with Gasteiger partial charge in [0.15, 0.2) is 0 Å². The van der Waals surface area contributed by atoms with E-state index < -0.39 is 0 Å². The van der Waals surface area contributed by atoms with Crippen LogP contribution in [0.4, 0.5) is 0 Å². The number of carbonyl (C=O) groups is 1. The number of unbranched alkanes of at least 4 members (excludes halogenated alkanes) is 1. The molecule has 1 aliphatic rings. The van der Waals surface area contributed by atoms with Gasteiger partial charge in [0.05, 0.1) is 6.61 Å². The fourth-order valence-electron chi connectivity index (χ4n) is 1.51. The first-order valence-electron chi connectivity index (χ1n) is 4.92. The molecule has 0 aromatic carbocycles. The molecule has 1 fully saturated rings. The summed E-state index contributed by atoms with van der Waals surface area (Å²) in [7, 11) is 0. The number of hydrogen-bond acceptors (Lipinski definition) is 3. The van der Waals surface area contributed by atoms with Crippen molar-refractivity contribution in [3.8, 4) is 0 Å². The molecule has 1 amide bonds. The molecule has 0 bridgehead atoms. The quantitative estimate of drug-likeness (QED) is 0.627. The highest BCUT2D eigenvalue weighted by atomic mass is 16.3. The van der Waals surface area contributed by atoms with Gasteiger partial charge in [-0.05, 0) is 6.42 Å². The highest BCUT2D eigenvalue weighted by Gasteiger charge is 2.26. The summed E-state index contributed by atoms with van der Waals surface area (Å²) in [5, 5.41) is 11.9. The van der Waals surface area contributed by atoms with Crippen LogP contribution in [0.1, 0.15) is 19.8 Å². The third-order valence-electron chi connectivity index (χ3n) is 2.35. The van der Waals surface area contributed by atoms with Crippen molar-refractivity contribution in [1.82, 2.24) is 10.2 Å². The van der Waals surface area contributed by atoms with Gasteiger partial charge in [0.25, 0.3) is 0 Å². The van der Waals surface area contributed by atoms with E-state index >= 15 is 0 Å². The molecule has 0 spiro atoms. The molecule has 1 heterocycles. The Hall–Kier alpha value is -0.610. The molecular formula is C9H18N2O2. The Morgan fingerprint density at radius 2 is 2.46 bits per heavy atom. The number of aliphatic hydroxyl groups excluding tert-OH is 1. The van der Waals surface area contributed by atoms with Crippen molar-refractivity contribution in [2.75, 3.05) is 26.2 Å². The zero-order chi connectivity index (χ0) is 9.68. The minimum Gasteiger partial charge on any atom is -0.394 e. The van der Waals surface area contributed by atoms with E-state index in [0.717, 1.165) is 32.5 Å². The first kappa shape index (κ1) is 10.5. The molecule has 13 heavy (non-hydrogen) atoms. The van der Waals surface area contributed by atoms with Crippen LogP contribution >= 0.6 is 0 Å². The molecule has 4 nitrogen and oxygen atoms in total. The van der Waals surface area contributed by atoms with Crippen LogP contribution in [0.5, 0.6) is 0 Å². The first-order chi connectivity index (χ1) is 6.29. The maximum absolute atomic E-state index is 11.6. The maximum atomic E-state index is 11.6. The second-order valence-corrected chi connectivity index (χ2v) is 3.37. The lowest BCUT2D eigenvalue weighted by molar-refractivity contribution is -0.136. The predicted molar refractivity (Wildman–Crippen MR) is 50.4 cm³/mol. The van der Waals surface area contributed by atoms with E-state index in [1.165, 1.54) is 0 Å². The number of nitrogens with one attached hydrogen (secondary N) is 1. The van der Waals surface area contributed by atoms with Crippen LogP contribution in [-0.2, 0) is 4.79 Å². The van der Waals surface area contributed by atoms with Crippen molar-refractivity contribution < 1.29 is 9.90 Å². The molecule has 1 aliphatic heterocycles. The minimum atomic E-state index is -0.370. The Kier molecular flexibility index (Phi) is 4.18. The van der Waals surface area contributed by atoms with Gasteiger partial charge >= 0.3 is 0 Å². The third-order valence-corrected chi connectivity index (χ3v) is 2.35. The SMILES string of the molecule is CCCCN1CCNC(CO)C1=O. The molecule has 1 unspecified atom stereocenters. The average Bonchev–Trinajstić information content (AvgIpc) is 2.16. The van der Waals surface area contributed by atoms with E-state index in [0.29, 0.717) is 0 Å². The fraction of sp³-hybridized carbons (Fsp3) is 0.889. The van der Waals surface area contributed by atoms with E-state index in [-0.39, 0.29) is 18.6 Å². The standard InChI is InChI=1S/C9H18N2O2/c1-2-3-5-11-6-4-10-8(7-12)9(11)13/h8,10,12H,2-7H2,1H3. The van der Waals surface area contributed by atoms with Gasteiger partial charge in [-0.2, -0.15) is 0 Å². The Morgan fingerprint density at radius 3 is 3.08 bits per heavy atom. The van der Waals surface area contributed by atoms with Crippen LogP contribution in [-0.4, -0.2) is 48.2 Å². The van der Waals surface area contributed by atoms with Gasteiger partial charge in [-0.1, -0.05) is 13.3 Å². The summed E-state index contributed by atoms with van der Waals surface area (Å²) in [4.78, 5) is 13.4. The summed E-state index contributed by atoms with van der Waals surface area (Å²) in [6, 6.07) is -0.370. The molecule has 0 radical (unpaired) electrons. The third kappa shape index (κ3) is 2.67. The summed E-state index contributed by atoms with van der Waals surface area (Å²) in [6.07, 6.45) is 2.14. The van der Waals surface area contributed by atoms with E-state index in [4.69, 9.17) is 5.11 Å². The largest absolute Gasteiger partial charge is 0.394 e. The van der Waals surface area contributed by atoms with Gasteiger partial charge in [0.1, 0.15) is 6.04 Å². The van der Waals surface area contributed by atoms with Gasteiger partial charge in [0.2, 0.25) is 5.91 Å². The smallest absolute Gasteiger partial charge is 0.242 e. The van der Waals surface area contributed by atoms with Crippen LogP contribution in [0.15, 0.2) is 0 Å². The number of piperazine rings is 1. The molecule has 0 aromatic rings. The van der Waals surface area contributed by atoms with Crippen molar-refractivity contribution in [2.45, 2.75) is 25.8 Å². The molecule has 4 heteroatoms. The van der Waals surface area contributed by atoms with Crippen LogP contribution in [0.25, 0.3) is 0 Å². The van der Waals surface area contributed by atoms with Gasteiger partial charge in [0, 0.05) is 19.6 Å². The number of amides is 1. The number of nitrogens with zero attached hydrogens (tertiary/aromatic N) is 1. The highest BCUT2D eigenvalue weighted by Crippen LogP contribution is 2.02. The minimum absolute atomic E-state index is 0.0437. The van der Waals surface area contributed by atoms with E-state index in [1.807, 2.05) is 4.90 Å². The van der Waals surface area contributed by atoms with Crippen molar-refractivity contribution in [3.05, 3.63) is 0 Å². The lowest BCUT2D eigenvalue weighted by atomic mass is 10.2. The summed E-state index contributed by atoms with van der Waals surface area (Å²) >= 11 is 0. The van der Waals surface area contributed by atoms with Crippen LogP contribution < -0.4 is 5.32 Å². The Balaban J connectivity index is 2.40. The van der Waals surface area contributed by atoms with E-state index in [9.17, 15) is 4.79 Å². The molecule has 76 valence electrons. The Morgan fingerprint density at radius 1 is 1.69 bits per heavy atom. The topological polar surface area (TPSA) is 52.6 Å². The van der Waals surface area contributed by atoms with Crippen LogP contribution in [0, 0.1) is 0 Å². The lowest BCUT2D eigenvalue weighted by Crippen LogP contribution is -2.56. The van der Waals surface area contributed by atoms with Crippen molar-refractivity contribution in [1.29, 1.82) is 0 Å². The monoisotopic (exact) mass is 186 g/mol. The summed E-state index contributed by atoms with van der Waals surface area (Å²) in [5.74, 6) is 0.0437. The second kappa shape index (κ2) is 5.19. The maximum Gasteiger partial charge on any atom is 0.242 e. The van der Waals surface area contributed by atoms with Gasteiger partial charge in [-0.15, -0.1) is 0 Å². The van der Waals surface area contributed by atoms with Crippen LogP contribution in [0.3, 0.4) is 0 Å². The zero-order valence-corrected chi connectivity index (χ0v) is 8.12. The molecule has 1 saturated heterocycles. The number of carbonyl (C=O) groups excluding carboxylic acids is 1. The first-order valence-corrected chi connectivity index (χ1v) is 4.92. The van der Waals surface area contributed by atoms with E-state index in [2.05, 4.69) is 12.2 Å². The zero-order valence-electron chi connectivity index (χ0n) is 8.12. The summed E-state index contributed by atoms with van der Waals surface area (Å²) in [5.41, 5.74) is 0. The number of hydrogen-bond donors (Lipinski definition) is 2. The molecular weight excluding hydrogens is 168 g/mol. The van der Waals surface area contributed by atoms with Crippen molar-refractivity contribution >= 4 is 5.91 Å². The summed E-state index contributed by atoms with van der Waals surface area (Å²) < 4.78 is 0. The Bertz CT molecular complexity index is 173. The van der Waals surface area contributed by atoms with Crippen molar-refractivity contribution in [2.24, 2.45) is 0 Å². The lowest BCUT2D eigenvalue weighted by Gasteiger charge is -2.32. The predicted octanol–water partition coefficient (Wildman–Crippen LogP) is -0.421. The fourth-order valence-corrected chi connectivity index (χ4v) is 1.51. The van der Waals surface area contributed by atoms with E-state index in [1.54, 1.807) is 0 Å². The highest BCUT2D eigenvalue weighted by molar-refractivity contribution is 5.82. The average molecular weight is 186 g/mol. The second-order valence-electron chi connectivity index (χ2n) is 3.37. The molecule has 1 atom stereocenters. The van der Waals surface area contributed by atoms with Crippen molar-refractivity contribution in [3.63, 3.8) is 0 Å². The Labute approximate surface area is 78.9 Å². The molecule has 0 aromatic heterocycles. The normalized spacial score (nSPS) is 23.7. The molecule has 0 aliphatic carbocycles.